The van der Waals surface area contributed by atoms with Crippen molar-refractivity contribution < 1.29 is 4.79 Å². The second kappa shape index (κ2) is 3.45. The average molecular weight is 210 g/mol. The molecule has 2 aromatic rings. The third-order valence-electron chi connectivity index (χ3n) is 2.74. The molecule has 0 unspecified atom stereocenters. The fourth-order valence-electron chi connectivity index (χ4n) is 1.88. The molecule has 0 spiro atoms. The second-order valence-electron chi connectivity index (χ2n) is 3.73. The summed E-state index contributed by atoms with van der Waals surface area (Å²) < 4.78 is 0. The summed E-state index contributed by atoms with van der Waals surface area (Å²) in [7, 11) is 0. The van der Waals surface area contributed by atoms with Crippen molar-refractivity contribution in [1.82, 2.24) is 4.98 Å². The normalized spacial score (nSPS) is 12.9. The molecule has 0 saturated heterocycles. The van der Waals surface area contributed by atoms with Crippen molar-refractivity contribution >= 4 is 11.6 Å². The molecule has 0 radical (unpaired) electrons. The zero-order valence-electron chi connectivity index (χ0n) is 8.63. The number of hydrogen-bond donors (Lipinski definition) is 0. The SMILES string of the molecule is O=C(c1ccccn1)N1Cc2ccccc21. The van der Waals surface area contributed by atoms with Gasteiger partial charge in [0.05, 0.1) is 6.54 Å². The van der Waals surface area contributed by atoms with Gasteiger partial charge in [-0.05, 0) is 23.8 Å². The van der Waals surface area contributed by atoms with Gasteiger partial charge in [0.15, 0.2) is 0 Å². The van der Waals surface area contributed by atoms with Gasteiger partial charge in [0, 0.05) is 11.9 Å². The fourth-order valence-corrected chi connectivity index (χ4v) is 1.88. The summed E-state index contributed by atoms with van der Waals surface area (Å²) in [5, 5.41) is 0. The highest BCUT2D eigenvalue weighted by atomic mass is 16.2. The van der Waals surface area contributed by atoms with Crippen molar-refractivity contribution in [3.8, 4) is 0 Å². The van der Waals surface area contributed by atoms with Crippen LogP contribution in [0.4, 0.5) is 5.69 Å². The van der Waals surface area contributed by atoms with Gasteiger partial charge in [-0.2, -0.15) is 0 Å². The first-order valence-corrected chi connectivity index (χ1v) is 5.17. The Morgan fingerprint density at radius 3 is 2.69 bits per heavy atom. The quantitative estimate of drug-likeness (QED) is 0.723. The Hall–Kier alpha value is -2.16. The number of benzene rings is 1. The minimum Gasteiger partial charge on any atom is -0.302 e. The standard InChI is InChI=1S/C13H10N2O/c16-13(11-6-3-4-8-14-11)15-9-10-5-1-2-7-12(10)15/h1-8H,9H2. The lowest BCUT2D eigenvalue weighted by atomic mass is 10.0. The molecule has 3 heteroatoms. The van der Waals surface area contributed by atoms with E-state index in [9.17, 15) is 4.79 Å². The minimum atomic E-state index is -0.0284. The van der Waals surface area contributed by atoms with Crippen molar-refractivity contribution in [3.05, 3.63) is 59.9 Å². The van der Waals surface area contributed by atoms with Crippen LogP contribution in [0.1, 0.15) is 16.1 Å². The molecular formula is C13H10N2O. The van der Waals surface area contributed by atoms with Gasteiger partial charge >= 0.3 is 0 Å². The number of hydrogen-bond acceptors (Lipinski definition) is 2. The van der Waals surface area contributed by atoms with Gasteiger partial charge in [-0.1, -0.05) is 24.3 Å². The smallest absolute Gasteiger partial charge is 0.277 e. The molecule has 1 aromatic heterocycles. The summed E-state index contributed by atoms with van der Waals surface area (Å²) in [4.78, 5) is 17.9. The van der Waals surface area contributed by atoms with E-state index >= 15 is 0 Å². The van der Waals surface area contributed by atoms with Gasteiger partial charge < -0.3 is 4.90 Å². The maximum atomic E-state index is 12.1. The predicted molar refractivity (Wildman–Crippen MR) is 61.2 cm³/mol. The number of carbonyl (C=O) groups excluding carboxylic acids is 1. The first kappa shape index (κ1) is 9.09. The number of anilines is 1. The lowest BCUT2D eigenvalue weighted by Crippen LogP contribution is -2.38. The molecule has 1 aromatic carbocycles. The first-order valence-electron chi connectivity index (χ1n) is 5.17. The van der Waals surface area contributed by atoms with Gasteiger partial charge in [-0.3, -0.25) is 9.78 Å². The van der Waals surface area contributed by atoms with Crippen molar-refractivity contribution in [3.63, 3.8) is 0 Å². The van der Waals surface area contributed by atoms with Crippen LogP contribution in [-0.2, 0) is 6.54 Å². The molecule has 16 heavy (non-hydrogen) atoms. The summed E-state index contributed by atoms with van der Waals surface area (Å²) in [5.41, 5.74) is 2.71. The van der Waals surface area contributed by atoms with Gasteiger partial charge in [0.1, 0.15) is 5.69 Å². The molecule has 0 atom stereocenters. The lowest BCUT2D eigenvalue weighted by molar-refractivity contribution is 0.0974. The first-order chi connectivity index (χ1) is 7.86. The van der Waals surface area contributed by atoms with E-state index in [1.165, 1.54) is 5.56 Å². The molecule has 0 N–H and O–H groups in total. The molecule has 1 amide bonds. The number of carbonyl (C=O) groups is 1. The summed E-state index contributed by atoms with van der Waals surface area (Å²) in [5.74, 6) is -0.0284. The maximum Gasteiger partial charge on any atom is 0.277 e. The highest BCUT2D eigenvalue weighted by Crippen LogP contribution is 2.33. The van der Waals surface area contributed by atoms with Crippen molar-refractivity contribution in [2.45, 2.75) is 6.54 Å². The highest BCUT2D eigenvalue weighted by molar-refractivity contribution is 6.07. The number of nitrogens with zero attached hydrogens (tertiary/aromatic N) is 2. The Balaban J connectivity index is 1.91. The number of amides is 1. The van der Waals surface area contributed by atoms with Crippen molar-refractivity contribution in [1.29, 1.82) is 0 Å². The molecule has 0 aliphatic carbocycles. The van der Waals surface area contributed by atoms with Gasteiger partial charge in [0.25, 0.3) is 5.91 Å². The number of rotatable bonds is 1. The third kappa shape index (κ3) is 1.29. The third-order valence-corrected chi connectivity index (χ3v) is 2.74. The average Bonchev–Trinajstić information content (AvgIpc) is 2.32. The van der Waals surface area contributed by atoms with E-state index in [2.05, 4.69) is 4.98 Å². The van der Waals surface area contributed by atoms with Crippen LogP contribution in [0.5, 0.6) is 0 Å². The van der Waals surface area contributed by atoms with Gasteiger partial charge in [-0.25, -0.2) is 0 Å². The molecule has 1 aliphatic heterocycles. The number of pyridine rings is 1. The van der Waals surface area contributed by atoms with E-state index in [1.807, 2.05) is 30.3 Å². The second-order valence-corrected chi connectivity index (χ2v) is 3.73. The molecule has 2 heterocycles. The molecular weight excluding hydrogens is 200 g/mol. The van der Waals surface area contributed by atoms with Gasteiger partial charge in [-0.15, -0.1) is 0 Å². The minimum absolute atomic E-state index is 0.0284. The van der Waals surface area contributed by atoms with Crippen LogP contribution in [0.2, 0.25) is 0 Å². The van der Waals surface area contributed by atoms with Crippen LogP contribution in [0.3, 0.4) is 0 Å². The van der Waals surface area contributed by atoms with E-state index in [1.54, 1.807) is 23.2 Å². The molecule has 0 bridgehead atoms. The Morgan fingerprint density at radius 1 is 1.12 bits per heavy atom. The molecule has 1 aliphatic rings. The van der Waals surface area contributed by atoms with Crippen LogP contribution in [0, 0.1) is 0 Å². The van der Waals surface area contributed by atoms with Crippen LogP contribution < -0.4 is 4.90 Å². The van der Waals surface area contributed by atoms with Crippen molar-refractivity contribution in [2.24, 2.45) is 0 Å². The Kier molecular flexibility index (Phi) is 1.96. The molecule has 0 saturated carbocycles. The van der Waals surface area contributed by atoms with E-state index in [4.69, 9.17) is 0 Å². The fraction of sp³-hybridized carbons (Fsp3) is 0.0769. The molecule has 3 nitrogen and oxygen atoms in total. The predicted octanol–water partition coefficient (Wildman–Crippen LogP) is 2.24. The van der Waals surface area contributed by atoms with Crippen LogP contribution in [-0.4, -0.2) is 10.9 Å². The largest absolute Gasteiger partial charge is 0.302 e. The Bertz CT molecular complexity index is 537. The number of aromatic nitrogens is 1. The zero-order valence-corrected chi connectivity index (χ0v) is 8.63. The van der Waals surface area contributed by atoms with E-state index in [0.717, 1.165) is 5.69 Å². The van der Waals surface area contributed by atoms with Crippen LogP contribution in [0.25, 0.3) is 0 Å². The zero-order chi connectivity index (χ0) is 11.0. The topological polar surface area (TPSA) is 33.2 Å². The summed E-state index contributed by atoms with van der Waals surface area (Å²) in [6, 6.07) is 13.3. The van der Waals surface area contributed by atoms with E-state index in [-0.39, 0.29) is 5.91 Å². The Morgan fingerprint density at radius 2 is 1.94 bits per heavy atom. The summed E-state index contributed by atoms with van der Waals surface area (Å²) >= 11 is 0. The number of para-hydroxylation sites is 1. The summed E-state index contributed by atoms with van der Waals surface area (Å²) in [6.07, 6.45) is 1.64. The van der Waals surface area contributed by atoms with Crippen molar-refractivity contribution in [2.75, 3.05) is 4.90 Å². The Labute approximate surface area is 93.4 Å². The monoisotopic (exact) mass is 210 g/mol. The van der Waals surface area contributed by atoms with Crippen LogP contribution in [0.15, 0.2) is 48.7 Å². The maximum absolute atomic E-state index is 12.1. The lowest BCUT2D eigenvalue weighted by Gasteiger charge is -2.33. The van der Waals surface area contributed by atoms with E-state index < -0.39 is 0 Å². The van der Waals surface area contributed by atoms with E-state index in [0.29, 0.717) is 12.2 Å². The highest BCUT2D eigenvalue weighted by Gasteiger charge is 2.28. The molecule has 0 fully saturated rings. The summed E-state index contributed by atoms with van der Waals surface area (Å²) in [6.45, 7) is 0.686. The van der Waals surface area contributed by atoms with Gasteiger partial charge in [0.2, 0.25) is 0 Å². The number of fused-ring (bicyclic) bond motifs is 1. The molecule has 3 rings (SSSR count). The molecule has 78 valence electrons. The van der Waals surface area contributed by atoms with Crippen LogP contribution >= 0.6 is 0 Å².